The van der Waals surface area contributed by atoms with E-state index in [4.69, 9.17) is 22.4 Å². The van der Waals surface area contributed by atoms with Crippen LogP contribution in [0.3, 0.4) is 0 Å². The van der Waals surface area contributed by atoms with Gasteiger partial charge in [0, 0.05) is 17.4 Å². The van der Waals surface area contributed by atoms with E-state index in [9.17, 15) is 0 Å². The Balaban J connectivity index is 0.000000203. The highest BCUT2D eigenvalue weighted by atomic mass is 35.5. The largest absolute Gasteiger partial charge is 0.393 e. The molecule has 1 fully saturated rings. The third-order valence-corrected chi connectivity index (χ3v) is 4.21. The van der Waals surface area contributed by atoms with Gasteiger partial charge in [0.25, 0.3) is 0 Å². The molecule has 1 saturated carbocycles. The predicted molar refractivity (Wildman–Crippen MR) is 94.7 cm³/mol. The SMILES string of the molecule is Nc1ccnc(-c2cnn3ccc(Cl)cc23)n1.OC1CCCCC1. The van der Waals surface area contributed by atoms with E-state index in [1.54, 1.807) is 35.2 Å². The standard InChI is InChI=1S/C11H8ClN5.C6H12O/c12-7-2-4-17-9(5-7)8(6-15-17)11-14-3-1-10(13)16-11;7-6-4-2-1-3-5-6/h1-6H,(H2,13,14,16);6-7H,1-5H2. The van der Waals surface area contributed by atoms with Crippen LogP contribution in [0.1, 0.15) is 32.1 Å². The van der Waals surface area contributed by atoms with E-state index in [0.717, 1.165) is 23.9 Å². The fraction of sp³-hybridized carbons (Fsp3) is 0.353. The lowest BCUT2D eigenvalue weighted by molar-refractivity contribution is 0.130. The molecule has 4 rings (SSSR count). The van der Waals surface area contributed by atoms with Crippen LogP contribution in [0, 0.1) is 0 Å². The molecule has 0 aliphatic heterocycles. The zero-order chi connectivity index (χ0) is 16.9. The molecule has 3 N–H and O–H groups in total. The first-order valence-corrected chi connectivity index (χ1v) is 8.41. The first-order valence-electron chi connectivity index (χ1n) is 8.03. The summed E-state index contributed by atoms with van der Waals surface area (Å²) in [5.74, 6) is 0.971. The van der Waals surface area contributed by atoms with E-state index in [0.29, 0.717) is 16.7 Å². The van der Waals surface area contributed by atoms with Crippen molar-refractivity contribution in [2.45, 2.75) is 38.2 Å². The number of nitrogens with two attached hydrogens (primary N) is 1. The highest BCUT2D eigenvalue weighted by molar-refractivity contribution is 6.31. The number of nitrogen functional groups attached to an aromatic ring is 1. The minimum atomic E-state index is 0.0359. The minimum absolute atomic E-state index is 0.0359. The summed E-state index contributed by atoms with van der Waals surface area (Å²) in [6.45, 7) is 0. The molecule has 6 nitrogen and oxygen atoms in total. The smallest absolute Gasteiger partial charge is 0.165 e. The van der Waals surface area contributed by atoms with E-state index < -0.39 is 0 Å². The number of aromatic nitrogens is 4. The van der Waals surface area contributed by atoms with Gasteiger partial charge in [-0.1, -0.05) is 30.9 Å². The number of nitrogens with zero attached hydrogens (tertiary/aromatic N) is 4. The maximum atomic E-state index is 8.91. The fourth-order valence-electron chi connectivity index (χ4n) is 2.71. The highest BCUT2D eigenvalue weighted by Crippen LogP contribution is 2.23. The van der Waals surface area contributed by atoms with Gasteiger partial charge in [-0.3, -0.25) is 0 Å². The number of aliphatic hydroxyl groups excluding tert-OH is 1. The molecule has 0 bridgehead atoms. The van der Waals surface area contributed by atoms with Crippen molar-refractivity contribution in [2.75, 3.05) is 5.73 Å². The third kappa shape index (κ3) is 4.01. The van der Waals surface area contributed by atoms with Crippen molar-refractivity contribution in [3.05, 3.63) is 41.8 Å². The number of rotatable bonds is 1. The molecule has 0 unspecified atom stereocenters. The number of hydrogen-bond donors (Lipinski definition) is 2. The second kappa shape index (κ2) is 7.59. The molecule has 7 heteroatoms. The first kappa shape index (κ1) is 16.7. The summed E-state index contributed by atoms with van der Waals surface area (Å²) in [6, 6.07) is 5.23. The summed E-state index contributed by atoms with van der Waals surface area (Å²) in [6.07, 6.45) is 11.0. The zero-order valence-corrected chi connectivity index (χ0v) is 14.0. The molecule has 3 aromatic rings. The average Bonchev–Trinajstić information content (AvgIpc) is 2.99. The molecule has 0 radical (unpaired) electrons. The monoisotopic (exact) mass is 345 g/mol. The molecule has 3 heterocycles. The topological polar surface area (TPSA) is 89.3 Å². The summed E-state index contributed by atoms with van der Waals surface area (Å²) in [5.41, 5.74) is 7.29. The zero-order valence-electron chi connectivity index (χ0n) is 13.3. The summed E-state index contributed by atoms with van der Waals surface area (Å²) in [4.78, 5) is 8.34. The molecule has 1 aliphatic carbocycles. The van der Waals surface area contributed by atoms with Crippen molar-refractivity contribution in [1.29, 1.82) is 0 Å². The van der Waals surface area contributed by atoms with Gasteiger partial charge in [-0.05, 0) is 31.0 Å². The van der Waals surface area contributed by atoms with Crippen molar-refractivity contribution >= 4 is 22.9 Å². The Morgan fingerprint density at radius 2 is 2.00 bits per heavy atom. The van der Waals surface area contributed by atoms with Crippen molar-refractivity contribution < 1.29 is 5.11 Å². The van der Waals surface area contributed by atoms with Crippen LogP contribution in [0.5, 0.6) is 0 Å². The van der Waals surface area contributed by atoms with Gasteiger partial charge >= 0.3 is 0 Å². The van der Waals surface area contributed by atoms with Gasteiger partial charge in [0.15, 0.2) is 5.82 Å². The molecular formula is C17H20ClN5O. The lowest BCUT2D eigenvalue weighted by Gasteiger charge is -2.14. The molecular weight excluding hydrogens is 326 g/mol. The molecule has 0 amide bonds. The number of anilines is 1. The van der Waals surface area contributed by atoms with Gasteiger partial charge in [-0.2, -0.15) is 5.10 Å². The van der Waals surface area contributed by atoms with Crippen LogP contribution >= 0.6 is 11.6 Å². The van der Waals surface area contributed by atoms with Crippen LogP contribution in [-0.4, -0.2) is 30.8 Å². The Hall–Kier alpha value is -2.18. The number of aliphatic hydroxyl groups is 1. The molecule has 126 valence electrons. The Labute approximate surface area is 145 Å². The van der Waals surface area contributed by atoms with Crippen LogP contribution in [0.25, 0.3) is 16.9 Å². The number of halogens is 1. The molecule has 0 atom stereocenters. The summed E-state index contributed by atoms with van der Waals surface area (Å²) in [5, 5.41) is 13.8. The Bertz CT molecular complexity index is 814. The van der Waals surface area contributed by atoms with E-state index in [2.05, 4.69) is 15.1 Å². The van der Waals surface area contributed by atoms with Crippen LogP contribution in [0.4, 0.5) is 5.82 Å². The van der Waals surface area contributed by atoms with Crippen molar-refractivity contribution in [3.63, 3.8) is 0 Å². The molecule has 24 heavy (non-hydrogen) atoms. The van der Waals surface area contributed by atoms with E-state index in [-0.39, 0.29) is 6.10 Å². The van der Waals surface area contributed by atoms with Crippen LogP contribution in [-0.2, 0) is 0 Å². The normalized spacial score (nSPS) is 15.1. The van der Waals surface area contributed by atoms with Gasteiger partial charge in [0.2, 0.25) is 0 Å². The van der Waals surface area contributed by atoms with Gasteiger partial charge in [0.1, 0.15) is 5.82 Å². The van der Waals surface area contributed by atoms with Gasteiger partial charge in [-0.25, -0.2) is 14.5 Å². The molecule has 0 saturated heterocycles. The third-order valence-electron chi connectivity index (χ3n) is 3.98. The molecule has 1 aliphatic rings. The lowest BCUT2D eigenvalue weighted by atomic mass is 9.98. The van der Waals surface area contributed by atoms with Gasteiger partial charge < -0.3 is 10.8 Å². The van der Waals surface area contributed by atoms with E-state index in [1.807, 2.05) is 6.07 Å². The lowest BCUT2D eigenvalue weighted by Crippen LogP contribution is -2.09. The summed E-state index contributed by atoms with van der Waals surface area (Å²) < 4.78 is 1.72. The Kier molecular flexibility index (Phi) is 5.27. The van der Waals surface area contributed by atoms with Crippen LogP contribution in [0.2, 0.25) is 5.02 Å². The molecule has 3 aromatic heterocycles. The Morgan fingerprint density at radius 1 is 1.21 bits per heavy atom. The molecule has 0 spiro atoms. The van der Waals surface area contributed by atoms with Crippen molar-refractivity contribution in [3.8, 4) is 11.4 Å². The van der Waals surface area contributed by atoms with Gasteiger partial charge in [-0.15, -0.1) is 0 Å². The second-order valence-corrected chi connectivity index (χ2v) is 6.27. The molecule has 0 aromatic carbocycles. The first-order chi connectivity index (χ1) is 11.6. The number of pyridine rings is 1. The van der Waals surface area contributed by atoms with E-state index in [1.165, 1.54) is 19.3 Å². The quantitative estimate of drug-likeness (QED) is 0.706. The predicted octanol–water partition coefficient (Wildman–Crippen LogP) is 3.34. The van der Waals surface area contributed by atoms with Crippen molar-refractivity contribution in [2.24, 2.45) is 0 Å². The average molecular weight is 346 g/mol. The minimum Gasteiger partial charge on any atom is -0.393 e. The second-order valence-electron chi connectivity index (χ2n) is 5.83. The van der Waals surface area contributed by atoms with Crippen LogP contribution < -0.4 is 5.73 Å². The summed E-state index contributed by atoms with van der Waals surface area (Å²) >= 11 is 5.96. The van der Waals surface area contributed by atoms with Gasteiger partial charge in [0.05, 0.1) is 23.4 Å². The number of fused-ring (bicyclic) bond motifs is 1. The maximum absolute atomic E-state index is 8.91. The van der Waals surface area contributed by atoms with E-state index >= 15 is 0 Å². The van der Waals surface area contributed by atoms with Crippen LogP contribution in [0.15, 0.2) is 36.8 Å². The van der Waals surface area contributed by atoms with Crippen molar-refractivity contribution in [1.82, 2.24) is 19.6 Å². The fourth-order valence-corrected chi connectivity index (χ4v) is 2.87. The highest BCUT2D eigenvalue weighted by Gasteiger charge is 2.09. The number of hydrogen-bond acceptors (Lipinski definition) is 5. The Morgan fingerprint density at radius 3 is 2.67 bits per heavy atom. The maximum Gasteiger partial charge on any atom is 0.165 e. The summed E-state index contributed by atoms with van der Waals surface area (Å²) in [7, 11) is 0.